The number of para-hydroxylation sites is 1. The number of anilines is 1. The Balaban J connectivity index is 2.15. The zero-order valence-electron chi connectivity index (χ0n) is 14.8. The average molecular weight is 375 g/mol. The first-order valence-corrected chi connectivity index (χ1v) is 9.78. The van der Waals surface area contributed by atoms with Crippen LogP contribution in [0.3, 0.4) is 0 Å². The van der Waals surface area contributed by atoms with Crippen molar-refractivity contribution in [3.05, 3.63) is 59.1 Å². The molecule has 2 aromatic carbocycles. The molecule has 1 aliphatic rings. The number of Topliss-reactive ketones (excluding diaryl/α,β-unsaturated/α-hetero) is 1. The Hall–Kier alpha value is -1.49. The SMILES string of the molecule is CCN(CC)N1CC(C(C)=O)(c2ccc(Cl)cc2)Sc2ccccc21. The van der Waals surface area contributed by atoms with Gasteiger partial charge >= 0.3 is 0 Å². The van der Waals surface area contributed by atoms with Crippen LogP contribution in [0.1, 0.15) is 26.3 Å². The van der Waals surface area contributed by atoms with Gasteiger partial charge in [-0.1, -0.05) is 49.7 Å². The first-order chi connectivity index (χ1) is 12.0. The summed E-state index contributed by atoms with van der Waals surface area (Å²) in [5, 5.41) is 5.23. The number of ketones is 1. The van der Waals surface area contributed by atoms with Gasteiger partial charge in [0.2, 0.25) is 0 Å². The summed E-state index contributed by atoms with van der Waals surface area (Å²) in [6, 6.07) is 16.0. The summed E-state index contributed by atoms with van der Waals surface area (Å²) < 4.78 is -0.637. The molecule has 0 N–H and O–H groups in total. The Morgan fingerprint density at radius 1 is 1.16 bits per heavy atom. The second-order valence-corrected chi connectivity index (χ2v) is 7.93. The van der Waals surface area contributed by atoms with Crippen LogP contribution in [-0.4, -0.2) is 30.4 Å². The van der Waals surface area contributed by atoms with E-state index in [1.54, 1.807) is 18.7 Å². The minimum Gasteiger partial charge on any atom is -0.302 e. The third-order valence-corrected chi connectivity index (χ3v) is 6.57. The highest BCUT2D eigenvalue weighted by Crippen LogP contribution is 2.51. The summed E-state index contributed by atoms with van der Waals surface area (Å²) in [5.41, 5.74) is 2.17. The van der Waals surface area contributed by atoms with Gasteiger partial charge in [0.05, 0.1) is 12.2 Å². The topological polar surface area (TPSA) is 23.6 Å². The first-order valence-electron chi connectivity index (χ1n) is 8.59. The second-order valence-electron chi connectivity index (χ2n) is 6.16. The van der Waals surface area contributed by atoms with E-state index in [1.165, 1.54) is 5.69 Å². The van der Waals surface area contributed by atoms with Crippen molar-refractivity contribution in [1.82, 2.24) is 5.01 Å². The lowest BCUT2D eigenvalue weighted by molar-refractivity contribution is -0.119. The maximum Gasteiger partial charge on any atom is 0.152 e. The van der Waals surface area contributed by atoms with Crippen LogP contribution in [0.15, 0.2) is 53.4 Å². The molecule has 1 unspecified atom stereocenters. The molecular formula is C20H23ClN2OS. The first kappa shape index (κ1) is 18.3. The van der Waals surface area contributed by atoms with Crippen molar-refractivity contribution in [3.63, 3.8) is 0 Å². The predicted octanol–water partition coefficient (Wildman–Crippen LogP) is 4.99. The number of carbonyl (C=O) groups is 1. The third-order valence-electron chi connectivity index (χ3n) is 4.75. The van der Waals surface area contributed by atoms with Gasteiger partial charge in [0, 0.05) is 23.0 Å². The highest BCUT2D eigenvalue weighted by molar-refractivity contribution is 8.01. The second kappa shape index (κ2) is 7.40. The Morgan fingerprint density at radius 2 is 1.80 bits per heavy atom. The van der Waals surface area contributed by atoms with Crippen molar-refractivity contribution >= 4 is 34.8 Å². The lowest BCUT2D eigenvalue weighted by Crippen LogP contribution is -2.53. The largest absolute Gasteiger partial charge is 0.302 e. The van der Waals surface area contributed by atoms with Crippen LogP contribution in [0, 0.1) is 0 Å². The standard InChI is InChI=1S/C20H23ClN2OS/c1-4-22(5-2)23-14-20(15(3)24,16-10-12-17(21)13-11-16)25-19-9-7-6-8-18(19)23/h6-13H,4-5,14H2,1-3H3. The average Bonchev–Trinajstić information content (AvgIpc) is 2.62. The number of hydrazine groups is 1. The summed E-state index contributed by atoms with van der Waals surface area (Å²) in [5.74, 6) is 0.159. The zero-order chi connectivity index (χ0) is 18.0. The lowest BCUT2D eigenvalue weighted by Gasteiger charge is -2.47. The molecule has 0 aromatic heterocycles. The Labute approximate surface area is 158 Å². The highest BCUT2D eigenvalue weighted by atomic mass is 35.5. The predicted molar refractivity (Wildman–Crippen MR) is 106 cm³/mol. The number of thioether (sulfide) groups is 1. The van der Waals surface area contributed by atoms with Gasteiger partial charge in [0.1, 0.15) is 4.75 Å². The van der Waals surface area contributed by atoms with Crippen LogP contribution >= 0.6 is 23.4 Å². The fourth-order valence-corrected chi connectivity index (χ4v) is 4.86. The quantitative estimate of drug-likeness (QED) is 0.735. The molecule has 1 atom stereocenters. The third kappa shape index (κ3) is 3.31. The van der Waals surface area contributed by atoms with Crippen LogP contribution in [0.2, 0.25) is 5.02 Å². The summed E-state index contributed by atoms with van der Waals surface area (Å²) in [4.78, 5) is 14.0. The molecular weight excluding hydrogens is 352 g/mol. The Morgan fingerprint density at radius 3 is 2.40 bits per heavy atom. The van der Waals surface area contributed by atoms with E-state index in [1.807, 2.05) is 30.3 Å². The number of rotatable bonds is 5. The molecule has 0 saturated carbocycles. The van der Waals surface area contributed by atoms with E-state index in [-0.39, 0.29) is 5.78 Å². The molecule has 25 heavy (non-hydrogen) atoms. The van der Waals surface area contributed by atoms with Crippen molar-refractivity contribution in [2.24, 2.45) is 0 Å². The van der Waals surface area contributed by atoms with E-state index in [2.05, 4.69) is 42.1 Å². The molecule has 1 aliphatic heterocycles. The van der Waals surface area contributed by atoms with Gasteiger partial charge in [-0.25, -0.2) is 5.01 Å². The minimum atomic E-state index is -0.637. The number of carbonyl (C=O) groups excluding carboxylic acids is 1. The van der Waals surface area contributed by atoms with E-state index >= 15 is 0 Å². The van der Waals surface area contributed by atoms with Crippen molar-refractivity contribution in [2.75, 3.05) is 24.6 Å². The van der Waals surface area contributed by atoms with Gasteiger partial charge in [-0.2, -0.15) is 0 Å². The monoisotopic (exact) mass is 374 g/mol. The summed E-state index contributed by atoms with van der Waals surface area (Å²) in [7, 11) is 0. The lowest BCUT2D eigenvalue weighted by atomic mass is 9.93. The van der Waals surface area contributed by atoms with Gasteiger partial charge in [-0.3, -0.25) is 4.79 Å². The molecule has 0 fully saturated rings. The van der Waals surface area contributed by atoms with Gasteiger partial charge in [0.25, 0.3) is 0 Å². The molecule has 5 heteroatoms. The van der Waals surface area contributed by atoms with E-state index in [9.17, 15) is 4.79 Å². The van der Waals surface area contributed by atoms with Crippen LogP contribution in [0.5, 0.6) is 0 Å². The summed E-state index contributed by atoms with van der Waals surface area (Å²) in [6.45, 7) is 8.38. The van der Waals surface area contributed by atoms with Crippen LogP contribution < -0.4 is 5.01 Å². The Kier molecular flexibility index (Phi) is 5.42. The number of hydrogen-bond donors (Lipinski definition) is 0. The molecule has 1 heterocycles. The van der Waals surface area contributed by atoms with Crippen LogP contribution in [-0.2, 0) is 9.54 Å². The van der Waals surface area contributed by atoms with Crippen molar-refractivity contribution in [1.29, 1.82) is 0 Å². The van der Waals surface area contributed by atoms with Crippen LogP contribution in [0.25, 0.3) is 0 Å². The smallest absolute Gasteiger partial charge is 0.152 e. The summed E-state index contributed by atoms with van der Waals surface area (Å²) in [6.07, 6.45) is 0. The van der Waals surface area contributed by atoms with Gasteiger partial charge in [-0.15, -0.1) is 11.8 Å². The van der Waals surface area contributed by atoms with Crippen molar-refractivity contribution in [2.45, 2.75) is 30.4 Å². The molecule has 0 aliphatic carbocycles. The maximum absolute atomic E-state index is 12.9. The number of benzene rings is 2. The molecule has 0 saturated heterocycles. The number of halogens is 1. The van der Waals surface area contributed by atoms with E-state index < -0.39 is 4.75 Å². The molecule has 3 nitrogen and oxygen atoms in total. The molecule has 0 radical (unpaired) electrons. The molecule has 3 rings (SSSR count). The Bertz CT molecular complexity index is 761. The molecule has 0 amide bonds. The minimum absolute atomic E-state index is 0.159. The number of hydrogen-bond acceptors (Lipinski definition) is 4. The fourth-order valence-electron chi connectivity index (χ4n) is 3.35. The number of nitrogens with zero attached hydrogens (tertiary/aromatic N) is 2. The molecule has 2 aromatic rings. The molecule has 132 valence electrons. The van der Waals surface area contributed by atoms with Gasteiger partial charge in [0.15, 0.2) is 5.78 Å². The van der Waals surface area contributed by atoms with Gasteiger partial charge < -0.3 is 5.01 Å². The van der Waals surface area contributed by atoms with Crippen LogP contribution in [0.4, 0.5) is 5.69 Å². The van der Waals surface area contributed by atoms with Gasteiger partial charge in [-0.05, 0) is 36.8 Å². The summed E-state index contributed by atoms with van der Waals surface area (Å²) >= 11 is 7.72. The zero-order valence-corrected chi connectivity index (χ0v) is 16.4. The van der Waals surface area contributed by atoms with E-state index in [0.717, 1.165) is 23.5 Å². The molecule has 0 bridgehead atoms. The van der Waals surface area contributed by atoms with E-state index in [4.69, 9.17) is 11.6 Å². The maximum atomic E-state index is 12.9. The normalized spacial score (nSPS) is 19.8. The highest BCUT2D eigenvalue weighted by Gasteiger charge is 2.45. The van der Waals surface area contributed by atoms with Crippen molar-refractivity contribution < 1.29 is 4.79 Å². The van der Waals surface area contributed by atoms with Crippen molar-refractivity contribution in [3.8, 4) is 0 Å². The molecule has 0 spiro atoms. The number of fused-ring (bicyclic) bond motifs is 1. The van der Waals surface area contributed by atoms with E-state index in [0.29, 0.717) is 11.6 Å². The fraction of sp³-hybridized carbons (Fsp3) is 0.350.